The van der Waals surface area contributed by atoms with Crippen LogP contribution in [0.25, 0.3) is 0 Å². The average Bonchev–Trinajstić information content (AvgIpc) is 2.46. The Balaban J connectivity index is 3.58. The van der Waals surface area contributed by atoms with Gasteiger partial charge < -0.3 is 4.74 Å². The van der Waals surface area contributed by atoms with Crippen LogP contribution in [-0.2, 0) is 24.8 Å². The molecule has 8 heteroatoms. The van der Waals surface area contributed by atoms with E-state index < -0.39 is 31.9 Å². The predicted molar refractivity (Wildman–Crippen MR) is 69.2 cm³/mol. The summed E-state index contributed by atoms with van der Waals surface area (Å²) in [6, 6.07) is 6.32. The van der Waals surface area contributed by atoms with E-state index in [1.807, 2.05) is 0 Å². The Morgan fingerprint density at radius 3 is 2.48 bits per heavy atom. The summed E-state index contributed by atoms with van der Waals surface area (Å²) in [6.07, 6.45) is 0. The molecule has 114 valence electrons. The number of esters is 1. The number of sulfone groups is 1. The number of benzene rings is 1. The van der Waals surface area contributed by atoms with Crippen LogP contribution in [0.5, 0.6) is 0 Å². The van der Waals surface area contributed by atoms with Gasteiger partial charge in [0.05, 0.1) is 17.6 Å². The highest BCUT2D eigenvalue weighted by Gasteiger charge is 2.42. The molecule has 0 radical (unpaired) electrons. The van der Waals surface area contributed by atoms with Gasteiger partial charge in [0.25, 0.3) is 0 Å². The Kier molecular flexibility index (Phi) is 5.01. The van der Waals surface area contributed by atoms with Crippen LogP contribution in [0.2, 0.25) is 0 Å². The number of rotatable bonds is 5. The number of carbonyl (C=O) groups excluding carboxylic acids is 1. The monoisotopic (exact) mass is 317 g/mol. The summed E-state index contributed by atoms with van der Waals surface area (Å²) in [6.45, 7) is 2.61. The van der Waals surface area contributed by atoms with Gasteiger partial charge in [-0.2, -0.15) is 14.0 Å². The number of nitrogens with zero attached hydrogens (tertiary/aromatic N) is 1. The summed E-state index contributed by atoms with van der Waals surface area (Å²) in [4.78, 5) is 11.2. The van der Waals surface area contributed by atoms with Crippen molar-refractivity contribution < 1.29 is 26.7 Å². The van der Waals surface area contributed by atoms with Crippen molar-refractivity contribution in [1.82, 2.24) is 0 Å². The lowest BCUT2D eigenvalue weighted by Crippen LogP contribution is -2.35. The Bertz CT molecular complexity index is 682. The third kappa shape index (κ3) is 3.03. The molecule has 0 amide bonds. The maximum absolute atomic E-state index is 12.7. The standard InChI is InChI=1S/C13H13F2NO4S/c1-3-20-11(17)13(2,8-16)9-6-4-5-7-10(9)21(18,19)12(14)15/h4-7,12H,3H2,1-2H3. The molecule has 0 spiro atoms. The molecule has 21 heavy (non-hydrogen) atoms. The summed E-state index contributed by atoms with van der Waals surface area (Å²) in [7, 11) is -4.94. The SMILES string of the molecule is CCOC(=O)C(C)(C#N)c1ccccc1S(=O)(=O)C(F)F. The summed E-state index contributed by atoms with van der Waals surface area (Å²) in [5, 5.41) is 9.23. The third-order valence-electron chi connectivity index (χ3n) is 2.87. The first kappa shape index (κ1) is 17.0. The molecule has 0 aliphatic rings. The van der Waals surface area contributed by atoms with E-state index in [-0.39, 0.29) is 12.2 Å². The van der Waals surface area contributed by atoms with Gasteiger partial charge in [-0.15, -0.1) is 0 Å². The summed E-state index contributed by atoms with van der Waals surface area (Å²) >= 11 is 0. The van der Waals surface area contributed by atoms with Gasteiger partial charge in [0.15, 0.2) is 5.41 Å². The van der Waals surface area contributed by atoms with Crippen molar-refractivity contribution in [1.29, 1.82) is 5.26 Å². The molecule has 0 heterocycles. The highest BCUT2D eigenvalue weighted by atomic mass is 32.2. The van der Waals surface area contributed by atoms with Crippen molar-refractivity contribution >= 4 is 15.8 Å². The Labute approximate surface area is 121 Å². The molecule has 0 fully saturated rings. The molecule has 0 saturated heterocycles. The van der Waals surface area contributed by atoms with Crippen molar-refractivity contribution in [2.24, 2.45) is 0 Å². The molecule has 1 aromatic carbocycles. The Morgan fingerprint density at radius 2 is 2.00 bits per heavy atom. The minimum absolute atomic E-state index is 0.0279. The van der Waals surface area contributed by atoms with Gasteiger partial charge in [-0.05, 0) is 19.9 Å². The van der Waals surface area contributed by atoms with Gasteiger partial charge in [0.2, 0.25) is 9.84 Å². The minimum Gasteiger partial charge on any atom is -0.465 e. The lowest BCUT2D eigenvalue weighted by atomic mass is 9.84. The second-order valence-electron chi connectivity index (χ2n) is 4.26. The summed E-state index contributed by atoms with van der Waals surface area (Å²) in [5.41, 5.74) is -2.32. The van der Waals surface area contributed by atoms with E-state index in [0.29, 0.717) is 0 Å². The lowest BCUT2D eigenvalue weighted by molar-refractivity contribution is -0.147. The number of nitriles is 1. The van der Waals surface area contributed by atoms with E-state index in [1.54, 1.807) is 6.07 Å². The van der Waals surface area contributed by atoms with Gasteiger partial charge in [0, 0.05) is 5.56 Å². The minimum atomic E-state index is -4.94. The van der Waals surface area contributed by atoms with Crippen LogP contribution in [0, 0.1) is 11.3 Å². The van der Waals surface area contributed by atoms with Gasteiger partial charge >= 0.3 is 11.7 Å². The molecule has 1 atom stereocenters. The Morgan fingerprint density at radius 1 is 1.43 bits per heavy atom. The molecule has 0 saturated carbocycles. The second kappa shape index (κ2) is 6.18. The van der Waals surface area contributed by atoms with Gasteiger partial charge in [-0.1, -0.05) is 18.2 Å². The Hall–Kier alpha value is -2.01. The highest BCUT2D eigenvalue weighted by molar-refractivity contribution is 7.91. The van der Waals surface area contributed by atoms with Gasteiger partial charge in [-0.3, -0.25) is 0 Å². The molecule has 1 unspecified atom stereocenters. The van der Waals surface area contributed by atoms with Crippen molar-refractivity contribution in [2.75, 3.05) is 6.61 Å². The van der Waals surface area contributed by atoms with Crippen LogP contribution in [0.3, 0.4) is 0 Å². The van der Waals surface area contributed by atoms with E-state index >= 15 is 0 Å². The first-order chi connectivity index (χ1) is 9.71. The second-order valence-corrected chi connectivity index (χ2v) is 6.15. The van der Waals surface area contributed by atoms with Crippen LogP contribution < -0.4 is 0 Å². The zero-order chi connectivity index (χ0) is 16.3. The molecule has 0 aromatic heterocycles. The quantitative estimate of drug-likeness (QED) is 0.776. The highest BCUT2D eigenvalue weighted by Crippen LogP contribution is 2.32. The number of hydrogen-bond donors (Lipinski definition) is 0. The molecule has 0 aliphatic carbocycles. The van der Waals surface area contributed by atoms with Crippen LogP contribution in [0.4, 0.5) is 8.78 Å². The molecule has 1 aromatic rings. The fourth-order valence-electron chi connectivity index (χ4n) is 1.72. The van der Waals surface area contributed by atoms with Crippen LogP contribution in [0.15, 0.2) is 29.2 Å². The number of ether oxygens (including phenoxy) is 1. The van der Waals surface area contributed by atoms with Crippen molar-refractivity contribution in [3.63, 3.8) is 0 Å². The molecule has 1 rings (SSSR count). The fourth-order valence-corrected chi connectivity index (χ4v) is 2.75. The van der Waals surface area contributed by atoms with E-state index in [4.69, 9.17) is 4.74 Å². The number of halogens is 2. The predicted octanol–water partition coefficient (Wildman–Crippen LogP) is 2.03. The van der Waals surface area contributed by atoms with Gasteiger partial charge in [0.1, 0.15) is 0 Å². The molecule has 0 aliphatic heterocycles. The van der Waals surface area contributed by atoms with E-state index in [1.165, 1.54) is 19.1 Å². The van der Waals surface area contributed by atoms with E-state index in [0.717, 1.165) is 19.1 Å². The first-order valence-electron chi connectivity index (χ1n) is 5.91. The van der Waals surface area contributed by atoms with Crippen molar-refractivity contribution in [3.8, 4) is 6.07 Å². The zero-order valence-corrected chi connectivity index (χ0v) is 12.2. The third-order valence-corrected chi connectivity index (χ3v) is 4.31. The summed E-state index contributed by atoms with van der Waals surface area (Å²) in [5.74, 6) is -4.65. The average molecular weight is 317 g/mol. The maximum Gasteiger partial charge on any atom is 0.341 e. The number of alkyl halides is 2. The van der Waals surface area contributed by atoms with Crippen molar-refractivity contribution in [3.05, 3.63) is 29.8 Å². The molecular weight excluding hydrogens is 304 g/mol. The normalized spacial score (nSPS) is 14.3. The van der Waals surface area contributed by atoms with Crippen LogP contribution in [-0.4, -0.2) is 26.8 Å². The molecule has 0 bridgehead atoms. The van der Waals surface area contributed by atoms with Crippen LogP contribution >= 0.6 is 0 Å². The van der Waals surface area contributed by atoms with E-state index in [2.05, 4.69) is 0 Å². The first-order valence-corrected chi connectivity index (χ1v) is 7.46. The van der Waals surface area contributed by atoms with Gasteiger partial charge in [-0.25, -0.2) is 13.2 Å². The number of carbonyl (C=O) groups is 1. The van der Waals surface area contributed by atoms with Crippen LogP contribution in [0.1, 0.15) is 19.4 Å². The molecule has 0 N–H and O–H groups in total. The topological polar surface area (TPSA) is 84.2 Å². The largest absolute Gasteiger partial charge is 0.465 e. The maximum atomic E-state index is 12.7. The lowest BCUT2D eigenvalue weighted by Gasteiger charge is -2.22. The summed E-state index contributed by atoms with van der Waals surface area (Å²) < 4.78 is 53.6. The zero-order valence-electron chi connectivity index (χ0n) is 11.3. The molecule has 5 nitrogen and oxygen atoms in total. The fraction of sp³-hybridized carbons (Fsp3) is 0.385. The molecular formula is C13H13F2NO4S. The smallest absolute Gasteiger partial charge is 0.341 e. The van der Waals surface area contributed by atoms with Crippen molar-refractivity contribution in [2.45, 2.75) is 29.9 Å². The number of hydrogen-bond acceptors (Lipinski definition) is 5. The van der Waals surface area contributed by atoms with E-state index in [9.17, 15) is 27.3 Å².